The van der Waals surface area contributed by atoms with Gasteiger partial charge in [0.25, 0.3) is 0 Å². The van der Waals surface area contributed by atoms with E-state index in [9.17, 15) is 12.9 Å². The van der Waals surface area contributed by atoms with Crippen LogP contribution in [0.15, 0.2) is 0 Å². The molecule has 1 aliphatic heterocycles. The van der Waals surface area contributed by atoms with Gasteiger partial charge in [0.05, 0.1) is 0 Å². The summed E-state index contributed by atoms with van der Waals surface area (Å²) in [6.07, 6.45) is 0.222. The van der Waals surface area contributed by atoms with E-state index >= 15 is 0 Å². The lowest BCUT2D eigenvalue weighted by molar-refractivity contribution is 0.208. The fraction of sp³-hybridized carbons (Fsp3) is 1.00. The van der Waals surface area contributed by atoms with Crippen LogP contribution in [0.2, 0.25) is 5.31 Å². The van der Waals surface area contributed by atoms with E-state index in [1.54, 1.807) is 20.8 Å². The van der Waals surface area contributed by atoms with Gasteiger partial charge in [-0.1, -0.05) is 32.6 Å². The van der Waals surface area contributed by atoms with Crippen LogP contribution in [0.3, 0.4) is 0 Å². The van der Waals surface area contributed by atoms with Crippen LogP contribution in [0.1, 0.15) is 27.2 Å². The summed E-state index contributed by atoms with van der Waals surface area (Å²) in [6.45, 7) is 0.832. The Morgan fingerprint density at radius 2 is 1.77 bits per heavy atom. The lowest BCUT2D eigenvalue weighted by Gasteiger charge is -2.48. The second-order valence-electron chi connectivity index (χ2n) is 4.91. The number of halogens is 3. The summed E-state index contributed by atoms with van der Waals surface area (Å²) < 4.78 is 38.8. The largest absolute Gasteiger partial charge is 0.486 e. The van der Waals surface area contributed by atoms with Crippen LogP contribution in [-0.4, -0.2) is 20.1 Å². The Balaban J connectivity index is 3.02. The predicted octanol–water partition coefficient (Wildman–Crippen LogP) is 2.61. The molecule has 1 fully saturated rings. The highest BCUT2D eigenvalue weighted by molar-refractivity contribution is 6.62. The minimum absolute atomic E-state index is 0.0833. The summed E-state index contributed by atoms with van der Waals surface area (Å²) in [5.74, 6) is 0. The van der Waals surface area contributed by atoms with Gasteiger partial charge >= 0.3 is 6.98 Å². The molecule has 1 saturated heterocycles. The Morgan fingerprint density at radius 3 is 1.92 bits per heavy atom. The zero-order valence-electron chi connectivity index (χ0n) is 8.33. The van der Waals surface area contributed by atoms with Gasteiger partial charge in [-0.3, -0.25) is 0 Å². The van der Waals surface area contributed by atoms with Crippen molar-refractivity contribution >= 4 is 6.98 Å². The second kappa shape index (κ2) is 2.90. The lowest BCUT2D eigenvalue weighted by atomic mass is 9.46. The monoisotopic (exact) mass is 194 g/mol. The van der Waals surface area contributed by atoms with Gasteiger partial charge in [-0.15, -0.1) is 0 Å². The molecule has 0 spiro atoms. The zero-order chi connectivity index (χ0) is 10.3. The quantitative estimate of drug-likeness (QED) is 0.632. The van der Waals surface area contributed by atoms with Gasteiger partial charge < -0.3 is 18.3 Å². The van der Waals surface area contributed by atoms with Crippen LogP contribution in [0.5, 0.6) is 0 Å². The second-order valence-corrected chi connectivity index (χ2v) is 4.91. The van der Waals surface area contributed by atoms with Gasteiger partial charge in [0, 0.05) is 0 Å². The number of hydrogen-bond donors (Lipinski definition) is 1. The van der Waals surface area contributed by atoms with Crippen LogP contribution < -0.4 is 5.32 Å². The predicted molar refractivity (Wildman–Crippen MR) is 48.7 cm³/mol. The molecule has 1 nitrogen and oxygen atoms in total. The Kier molecular flexibility index (Phi) is 2.43. The molecule has 0 aromatic heterocycles. The van der Waals surface area contributed by atoms with Crippen molar-refractivity contribution in [1.29, 1.82) is 0 Å². The van der Waals surface area contributed by atoms with E-state index in [0.717, 1.165) is 0 Å². The standard InChI is InChI=1S/C8H16BF3N/c1-7(2,3)8(9(10,11)12)4-5-13-6-8/h13H,4-6H2,1-3H3/q-1. The number of nitrogens with one attached hydrogen (secondary N) is 1. The SMILES string of the molecule is CC(C)(C)C1([B-](F)(F)F)CCNC1. The molecule has 1 unspecified atom stereocenters. The highest BCUT2D eigenvalue weighted by atomic mass is 19.4. The van der Waals surface area contributed by atoms with Crippen molar-refractivity contribution in [1.82, 2.24) is 5.32 Å². The van der Waals surface area contributed by atoms with Gasteiger partial charge in [0.1, 0.15) is 0 Å². The highest BCUT2D eigenvalue weighted by Gasteiger charge is 2.57. The molecule has 0 aliphatic carbocycles. The summed E-state index contributed by atoms with van der Waals surface area (Å²) in [5, 5.41) is 1.34. The van der Waals surface area contributed by atoms with Crippen molar-refractivity contribution in [2.45, 2.75) is 32.5 Å². The molecule has 0 saturated carbocycles. The Bertz CT molecular complexity index is 173. The molecule has 78 valence electrons. The van der Waals surface area contributed by atoms with Crippen LogP contribution in [-0.2, 0) is 0 Å². The first-order valence-electron chi connectivity index (χ1n) is 4.61. The molecule has 1 heterocycles. The smallest absolute Gasteiger partial charge is 0.448 e. The van der Waals surface area contributed by atoms with Crippen molar-refractivity contribution in [2.24, 2.45) is 5.41 Å². The molecule has 1 aliphatic rings. The first-order valence-corrected chi connectivity index (χ1v) is 4.61. The first kappa shape index (κ1) is 10.9. The summed E-state index contributed by atoms with van der Waals surface area (Å²) in [5.41, 5.74) is -0.700. The molecule has 13 heavy (non-hydrogen) atoms. The molecule has 0 amide bonds. The van der Waals surface area contributed by atoms with E-state index < -0.39 is 17.7 Å². The average Bonchev–Trinajstić information content (AvgIpc) is 2.28. The van der Waals surface area contributed by atoms with E-state index in [0.29, 0.717) is 6.54 Å². The molecular weight excluding hydrogens is 178 g/mol. The Morgan fingerprint density at radius 1 is 1.23 bits per heavy atom. The summed E-state index contributed by atoms with van der Waals surface area (Å²) in [7, 11) is 0. The molecule has 5 heteroatoms. The molecule has 0 aromatic rings. The summed E-state index contributed by atoms with van der Waals surface area (Å²) in [4.78, 5) is 0. The molecular formula is C8H16BF3N-. The molecule has 1 N–H and O–H groups in total. The van der Waals surface area contributed by atoms with Gasteiger partial charge in [0.15, 0.2) is 0 Å². The van der Waals surface area contributed by atoms with Crippen molar-refractivity contribution in [3.8, 4) is 0 Å². The third-order valence-corrected chi connectivity index (χ3v) is 3.31. The summed E-state index contributed by atoms with van der Waals surface area (Å²) in [6, 6.07) is 0. The minimum atomic E-state index is -4.76. The number of rotatable bonds is 1. The maximum absolute atomic E-state index is 12.9. The van der Waals surface area contributed by atoms with Crippen LogP contribution in [0.25, 0.3) is 0 Å². The summed E-state index contributed by atoms with van der Waals surface area (Å²) >= 11 is 0. The van der Waals surface area contributed by atoms with E-state index in [-0.39, 0.29) is 13.0 Å². The molecule has 0 bridgehead atoms. The van der Waals surface area contributed by atoms with Crippen molar-refractivity contribution in [3.63, 3.8) is 0 Å². The van der Waals surface area contributed by atoms with Crippen LogP contribution in [0.4, 0.5) is 12.9 Å². The van der Waals surface area contributed by atoms with Crippen molar-refractivity contribution in [3.05, 3.63) is 0 Å². The Labute approximate surface area is 77.1 Å². The average molecular weight is 194 g/mol. The van der Waals surface area contributed by atoms with E-state index in [1.807, 2.05) is 0 Å². The van der Waals surface area contributed by atoms with Gasteiger partial charge in [-0.25, -0.2) is 0 Å². The van der Waals surface area contributed by atoms with Gasteiger partial charge in [0.2, 0.25) is 0 Å². The zero-order valence-corrected chi connectivity index (χ0v) is 8.33. The Hall–Kier alpha value is -0.185. The highest BCUT2D eigenvalue weighted by Crippen LogP contribution is 2.58. The van der Waals surface area contributed by atoms with Crippen molar-refractivity contribution < 1.29 is 12.9 Å². The van der Waals surface area contributed by atoms with E-state index in [1.165, 1.54) is 0 Å². The van der Waals surface area contributed by atoms with E-state index in [4.69, 9.17) is 0 Å². The lowest BCUT2D eigenvalue weighted by Crippen LogP contribution is -2.47. The van der Waals surface area contributed by atoms with Crippen LogP contribution >= 0.6 is 0 Å². The van der Waals surface area contributed by atoms with Crippen molar-refractivity contribution in [2.75, 3.05) is 13.1 Å². The maximum atomic E-state index is 12.9. The molecule has 0 radical (unpaired) electrons. The fourth-order valence-corrected chi connectivity index (χ4v) is 2.12. The molecule has 1 rings (SSSR count). The molecule has 1 atom stereocenters. The minimum Gasteiger partial charge on any atom is -0.448 e. The molecule has 0 aromatic carbocycles. The third-order valence-electron chi connectivity index (χ3n) is 3.31. The number of hydrogen-bond acceptors (Lipinski definition) is 1. The topological polar surface area (TPSA) is 12.0 Å². The normalized spacial score (nSPS) is 30.9. The first-order chi connectivity index (χ1) is 5.71. The maximum Gasteiger partial charge on any atom is 0.486 e. The van der Waals surface area contributed by atoms with Crippen LogP contribution in [0, 0.1) is 5.41 Å². The fourth-order valence-electron chi connectivity index (χ4n) is 2.12. The third kappa shape index (κ3) is 1.58. The van der Waals surface area contributed by atoms with Gasteiger partial charge in [-0.05, 0) is 18.4 Å². The van der Waals surface area contributed by atoms with Gasteiger partial charge in [-0.2, -0.15) is 0 Å². The van der Waals surface area contributed by atoms with E-state index in [2.05, 4.69) is 5.32 Å².